The summed E-state index contributed by atoms with van der Waals surface area (Å²) in [4.78, 5) is 0. The lowest BCUT2D eigenvalue weighted by Crippen LogP contribution is -2.29. The molecule has 10 rings (SSSR count). The van der Waals surface area contributed by atoms with Gasteiger partial charge >= 0.3 is 7.12 Å². The molecule has 1 spiro atoms. The number of aryl methyl sites for hydroxylation is 2. The van der Waals surface area contributed by atoms with Gasteiger partial charge in [-0.2, -0.15) is 0 Å². The molecule has 0 bridgehead atoms. The normalized spacial score (nSPS) is 13.5. The first-order valence-electron chi connectivity index (χ1n) is 16.9. The second-order valence-corrected chi connectivity index (χ2v) is 13.6. The summed E-state index contributed by atoms with van der Waals surface area (Å²) in [6.45, 7) is 4.20. The summed E-state index contributed by atoms with van der Waals surface area (Å²) in [7, 11) is -1.53. The van der Waals surface area contributed by atoms with Crippen molar-refractivity contribution in [3.05, 3.63) is 179 Å². The highest BCUT2D eigenvalue weighted by Gasteiger charge is 2.52. The van der Waals surface area contributed by atoms with Gasteiger partial charge in [0.2, 0.25) is 0 Å². The Morgan fingerprint density at radius 3 is 1.76 bits per heavy atom. The Morgan fingerprint density at radius 1 is 0.490 bits per heavy atom. The number of fused-ring (bicyclic) bond motifs is 14. The Balaban J connectivity index is 1.34. The average Bonchev–Trinajstić information content (AvgIpc) is 3.74. The van der Waals surface area contributed by atoms with E-state index in [4.69, 9.17) is 0 Å². The van der Waals surface area contributed by atoms with Crippen molar-refractivity contribution in [2.24, 2.45) is 0 Å². The zero-order valence-corrected chi connectivity index (χ0v) is 27.3. The molecule has 7 aromatic carbocycles. The third kappa shape index (κ3) is 3.65. The fourth-order valence-electron chi connectivity index (χ4n) is 9.03. The van der Waals surface area contributed by atoms with Crippen LogP contribution in [0.25, 0.3) is 60.9 Å². The monoisotopic (exact) mass is 629 g/mol. The Kier molecular flexibility index (Phi) is 5.88. The number of rotatable bonds is 3. The molecule has 1 aromatic heterocycles. The summed E-state index contributed by atoms with van der Waals surface area (Å²) in [6, 6.07) is 52.7. The predicted molar refractivity (Wildman–Crippen MR) is 202 cm³/mol. The maximum Gasteiger partial charge on any atom is 0.488 e. The molecule has 0 fully saturated rings. The van der Waals surface area contributed by atoms with Gasteiger partial charge in [0.1, 0.15) is 0 Å². The molecule has 0 radical (unpaired) electrons. The highest BCUT2D eigenvalue weighted by atomic mass is 16.4. The van der Waals surface area contributed by atoms with E-state index >= 15 is 0 Å². The van der Waals surface area contributed by atoms with Crippen molar-refractivity contribution < 1.29 is 10.0 Å². The van der Waals surface area contributed by atoms with E-state index in [1.54, 1.807) is 6.07 Å². The van der Waals surface area contributed by atoms with E-state index in [9.17, 15) is 10.0 Å². The van der Waals surface area contributed by atoms with Gasteiger partial charge in [-0.1, -0.05) is 127 Å². The van der Waals surface area contributed by atoms with Crippen LogP contribution in [-0.4, -0.2) is 21.7 Å². The van der Waals surface area contributed by atoms with Gasteiger partial charge in [0.05, 0.1) is 16.4 Å². The Hall–Kier alpha value is -5.68. The molecule has 3 nitrogen and oxygen atoms in total. The molecule has 49 heavy (non-hydrogen) atoms. The third-order valence-corrected chi connectivity index (χ3v) is 11.1. The molecule has 0 saturated carbocycles. The van der Waals surface area contributed by atoms with E-state index in [0.29, 0.717) is 5.46 Å². The van der Waals surface area contributed by atoms with Crippen molar-refractivity contribution in [1.82, 2.24) is 4.57 Å². The first kappa shape index (κ1) is 28.3. The maximum absolute atomic E-state index is 10.0. The van der Waals surface area contributed by atoms with Crippen LogP contribution in [0.2, 0.25) is 0 Å². The minimum absolute atomic E-state index is 0.421. The molecular weight excluding hydrogens is 597 g/mol. The highest BCUT2D eigenvalue weighted by Crippen LogP contribution is 2.64. The molecule has 0 amide bonds. The summed E-state index contributed by atoms with van der Waals surface area (Å²) in [6.07, 6.45) is 0. The van der Waals surface area contributed by atoms with Gasteiger partial charge in [-0.25, -0.2) is 0 Å². The van der Waals surface area contributed by atoms with Gasteiger partial charge in [-0.3, -0.25) is 0 Å². The first-order chi connectivity index (χ1) is 24.0. The SMILES string of the molecule is Cc1ccc(B(O)O)cc1-c1cc(-n2c3ccccc3c3ccc4c(c32)-c2ccccc2C42c3ccccc3-c3ccccc32)ccc1C. The van der Waals surface area contributed by atoms with E-state index < -0.39 is 12.5 Å². The lowest BCUT2D eigenvalue weighted by Gasteiger charge is -2.30. The molecule has 232 valence electrons. The first-order valence-corrected chi connectivity index (χ1v) is 16.9. The Labute approximate surface area is 285 Å². The van der Waals surface area contributed by atoms with Crippen LogP contribution in [0.5, 0.6) is 0 Å². The Morgan fingerprint density at radius 2 is 1.06 bits per heavy atom. The number of benzene rings is 7. The number of hydrogen-bond acceptors (Lipinski definition) is 2. The lowest BCUT2D eigenvalue weighted by molar-refractivity contribution is 0.426. The van der Waals surface area contributed by atoms with Crippen LogP contribution in [0.15, 0.2) is 146 Å². The van der Waals surface area contributed by atoms with Crippen molar-refractivity contribution in [3.8, 4) is 39.1 Å². The van der Waals surface area contributed by atoms with Gasteiger partial charge in [0, 0.05) is 22.0 Å². The molecule has 2 aliphatic carbocycles. The second-order valence-electron chi connectivity index (χ2n) is 13.6. The standard InChI is InChI=1S/C45H32BNO2/c1-27-19-21-29(46(48)49)25-36(27)37-26-30(22-20-28(37)2)47-42-18-10-6-13-33(42)34-23-24-41-43(44(34)47)35-14-5-9-17-40(35)45(41)38-15-7-3-11-31(38)32-12-4-8-16-39(32)45/h3-26,48-49H,1-2H3. The van der Waals surface area contributed by atoms with Gasteiger partial charge < -0.3 is 14.6 Å². The van der Waals surface area contributed by atoms with Crippen LogP contribution >= 0.6 is 0 Å². The molecule has 0 atom stereocenters. The lowest BCUT2D eigenvalue weighted by atomic mass is 9.70. The van der Waals surface area contributed by atoms with Crippen LogP contribution in [0.3, 0.4) is 0 Å². The van der Waals surface area contributed by atoms with Crippen molar-refractivity contribution in [2.45, 2.75) is 19.3 Å². The third-order valence-electron chi connectivity index (χ3n) is 11.1. The number of nitrogens with zero attached hydrogens (tertiary/aromatic N) is 1. The van der Waals surface area contributed by atoms with Crippen molar-refractivity contribution in [2.75, 3.05) is 0 Å². The minimum atomic E-state index is -1.53. The molecule has 0 saturated heterocycles. The van der Waals surface area contributed by atoms with Gasteiger partial charge in [-0.05, 0) is 98.7 Å². The van der Waals surface area contributed by atoms with E-state index in [2.05, 4.69) is 146 Å². The quantitative estimate of drug-likeness (QED) is 0.192. The van der Waals surface area contributed by atoms with Crippen LogP contribution in [-0.2, 0) is 5.41 Å². The molecule has 1 heterocycles. The summed E-state index contributed by atoms with van der Waals surface area (Å²) in [5.74, 6) is 0. The zero-order valence-electron chi connectivity index (χ0n) is 27.3. The zero-order chi connectivity index (χ0) is 33.0. The van der Waals surface area contributed by atoms with Gasteiger partial charge in [0.25, 0.3) is 0 Å². The number of hydrogen-bond donors (Lipinski definition) is 2. The topological polar surface area (TPSA) is 45.4 Å². The van der Waals surface area contributed by atoms with Crippen molar-refractivity contribution in [1.29, 1.82) is 0 Å². The minimum Gasteiger partial charge on any atom is -0.423 e. The Bertz CT molecular complexity index is 2640. The second kappa shape index (κ2) is 10.2. The fourth-order valence-corrected chi connectivity index (χ4v) is 9.03. The van der Waals surface area contributed by atoms with Crippen molar-refractivity contribution >= 4 is 34.4 Å². The largest absolute Gasteiger partial charge is 0.488 e. The van der Waals surface area contributed by atoms with Crippen molar-refractivity contribution in [3.63, 3.8) is 0 Å². The molecular formula is C45H32BNO2. The average molecular weight is 630 g/mol. The molecule has 2 aliphatic rings. The fraction of sp³-hybridized carbons (Fsp3) is 0.0667. The molecule has 0 aliphatic heterocycles. The van der Waals surface area contributed by atoms with Crippen LogP contribution in [0, 0.1) is 13.8 Å². The summed E-state index contributed by atoms with van der Waals surface area (Å²) in [5, 5.41) is 22.5. The van der Waals surface area contributed by atoms with Gasteiger partial charge in [0.15, 0.2) is 0 Å². The number of aromatic nitrogens is 1. The predicted octanol–water partition coefficient (Wildman–Crippen LogP) is 9.09. The van der Waals surface area contributed by atoms with Crippen LogP contribution in [0.4, 0.5) is 0 Å². The molecule has 0 unspecified atom stereocenters. The van der Waals surface area contributed by atoms with E-state index in [1.165, 1.54) is 60.8 Å². The number of para-hydroxylation sites is 1. The highest BCUT2D eigenvalue weighted by molar-refractivity contribution is 6.58. The van der Waals surface area contributed by atoms with E-state index in [-0.39, 0.29) is 0 Å². The van der Waals surface area contributed by atoms with E-state index in [1.807, 2.05) is 12.1 Å². The maximum atomic E-state index is 10.0. The summed E-state index contributed by atoms with van der Waals surface area (Å²) in [5.41, 5.74) is 18.2. The van der Waals surface area contributed by atoms with Crippen LogP contribution < -0.4 is 5.46 Å². The van der Waals surface area contributed by atoms with Gasteiger partial charge in [-0.15, -0.1) is 0 Å². The molecule has 2 N–H and O–H groups in total. The van der Waals surface area contributed by atoms with Crippen LogP contribution in [0.1, 0.15) is 33.4 Å². The molecule has 4 heteroatoms. The molecule has 8 aromatic rings. The smallest absolute Gasteiger partial charge is 0.423 e. The summed E-state index contributed by atoms with van der Waals surface area (Å²) < 4.78 is 2.45. The van der Waals surface area contributed by atoms with E-state index in [0.717, 1.165) is 33.5 Å². The summed E-state index contributed by atoms with van der Waals surface area (Å²) >= 11 is 0.